The van der Waals surface area contributed by atoms with Crippen LogP contribution in [0.25, 0.3) is 0 Å². The van der Waals surface area contributed by atoms with Crippen molar-refractivity contribution in [2.24, 2.45) is 0 Å². The van der Waals surface area contributed by atoms with E-state index in [4.69, 9.17) is 4.74 Å². The third-order valence-corrected chi connectivity index (χ3v) is 2.50. The summed E-state index contributed by atoms with van der Waals surface area (Å²) in [5.41, 5.74) is 1.31. The van der Waals surface area contributed by atoms with E-state index in [0.717, 1.165) is 16.6 Å². The van der Waals surface area contributed by atoms with Crippen LogP contribution in [0.15, 0.2) is 22.7 Å². The fourth-order valence-electron chi connectivity index (χ4n) is 1.40. The van der Waals surface area contributed by atoms with Gasteiger partial charge in [-0.3, -0.25) is 0 Å². The van der Waals surface area contributed by atoms with Crippen LogP contribution in [-0.4, -0.2) is 6.10 Å². The standard InChI is InChI=1S/C9H9BrO/c1-6-5-7-3-2-4-8(10)9(7)11-6/h2-4,6H,5H2,1H3. The first-order chi connectivity index (χ1) is 5.27. The highest BCUT2D eigenvalue weighted by atomic mass is 79.9. The molecule has 0 fully saturated rings. The molecule has 1 nitrogen and oxygen atoms in total. The van der Waals surface area contributed by atoms with Gasteiger partial charge in [-0.25, -0.2) is 0 Å². The van der Waals surface area contributed by atoms with Crippen LogP contribution in [0.1, 0.15) is 12.5 Å². The van der Waals surface area contributed by atoms with Crippen LogP contribution in [0.5, 0.6) is 5.75 Å². The number of hydrogen-bond donors (Lipinski definition) is 0. The van der Waals surface area contributed by atoms with Crippen molar-refractivity contribution in [3.8, 4) is 5.75 Å². The minimum absolute atomic E-state index is 0.337. The van der Waals surface area contributed by atoms with Crippen LogP contribution in [0.2, 0.25) is 0 Å². The number of ether oxygens (including phenoxy) is 1. The zero-order valence-corrected chi connectivity index (χ0v) is 7.89. The monoisotopic (exact) mass is 212 g/mol. The fraction of sp³-hybridized carbons (Fsp3) is 0.333. The van der Waals surface area contributed by atoms with Gasteiger partial charge in [0.15, 0.2) is 0 Å². The van der Waals surface area contributed by atoms with Gasteiger partial charge in [-0.15, -0.1) is 0 Å². The van der Waals surface area contributed by atoms with E-state index in [1.807, 2.05) is 12.1 Å². The van der Waals surface area contributed by atoms with Crippen molar-refractivity contribution in [2.45, 2.75) is 19.4 Å². The lowest BCUT2D eigenvalue weighted by atomic mass is 10.1. The molecule has 0 aliphatic carbocycles. The lowest BCUT2D eigenvalue weighted by molar-refractivity contribution is 0.253. The van der Waals surface area contributed by atoms with Gasteiger partial charge < -0.3 is 4.74 Å². The zero-order chi connectivity index (χ0) is 7.84. The van der Waals surface area contributed by atoms with Crippen molar-refractivity contribution in [3.63, 3.8) is 0 Å². The summed E-state index contributed by atoms with van der Waals surface area (Å²) in [7, 11) is 0. The Morgan fingerprint density at radius 2 is 2.36 bits per heavy atom. The molecule has 1 aliphatic rings. The molecule has 1 heterocycles. The molecule has 0 spiro atoms. The molecule has 0 saturated heterocycles. The molecule has 1 aromatic rings. The van der Waals surface area contributed by atoms with Crippen molar-refractivity contribution in [3.05, 3.63) is 28.2 Å². The molecule has 11 heavy (non-hydrogen) atoms. The van der Waals surface area contributed by atoms with Crippen LogP contribution in [0, 0.1) is 0 Å². The Hall–Kier alpha value is -0.500. The largest absolute Gasteiger partial charge is 0.489 e. The number of benzene rings is 1. The highest BCUT2D eigenvalue weighted by Crippen LogP contribution is 2.35. The topological polar surface area (TPSA) is 9.23 Å². The minimum Gasteiger partial charge on any atom is -0.489 e. The number of fused-ring (bicyclic) bond motifs is 1. The lowest BCUT2D eigenvalue weighted by Crippen LogP contribution is -2.05. The van der Waals surface area contributed by atoms with Gasteiger partial charge in [0.25, 0.3) is 0 Å². The van der Waals surface area contributed by atoms with Crippen LogP contribution in [0.3, 0.4) is 0 Å². The van der Waals surface area contributed by atoms with Gasteiger partial charge in [0.1, 0.15) is 11.9 Å². The van der Waals surface area contributed by atoms with Crippen LogP contribution in [-0.2, 0) is 6.42 Å². The summed E-state index contributed by atoms with van der Waals surface area (Å²) in [6.45, 7) is 2.09. The number of rotatable bonds is 0. The van der Waals surface area contributed by atoms with Gasteiger partial charge in [-0.1, -0.05) is 12.1 Å². The Labute approximate surface area is 74.5 Å². The molecule has 2 heteroatoms. The maximum Gasteiger partial charge on any atom is 0.137 e. The summed E-state index contributed by atoms with van der Waals surface area (Å²) in [5.74, 6) is 1.03. The van der Waals surface area contributed by atoms with E-state index in [1.54, 1.807) is 0 Å². The SMILES string of the molecule is CC1Cc2cccc(Br)c2O1. The Bertz CT molecular complexity index is 283. The van der Waals surface area contributed by atoms with Gasteiger partial charge in [0, 0.05) is 6.42 Å². The second-order valence-electron chi connectivity index (χ2n) is 2.86. The van der Waals surface area contributed by atoms with Gasteiger partial charge in [-0.2, -0.15) is 0 Å². The third-order valence-electron chi connectivity index (χ3n) is 1.87. The highest BCUT2D eigenvalue weighted by Gasteiger charge is 2.20. The fourth-order valence-corrected chi connectivity index (χ4v) is 1.90. The first-order valence-electron chi connectivity index (χ1n) is 3.71. The van der Waals surface area contributed by atoms with Crippen LogP contribution in [0.4, 0.5) is 0 Å². The molecule has 2 rings (SSSR count). The minimum atomic E-state index is 0.337. The Morgan fingerprint density at radius 3 is 3.09 bits per heavy atom. The van der Waals surface area contributed by atoms with Gasteiger partial charge >= 0.3 is 0 Å². The van der Waals surface area contributed by atoms with Crippen molar-refractivity contribution in [1.82, 2.24) is 0 Å². The number of halogens is 1. The maximum absolute atomic E-state index is 5.59. The van der Waals surface area contributed by atoms with Gasteiger partial charge in [0.2, 0.25) is 0 Å². The second-order valence-corrected chi connectivity index (χ2v) is 3.72. The summed E-state index contributed by atoms with van der Waals surface area (Å²) in [6, 6.07) is 6.17. The molecule has 0 bridgehead atoms. The van der Waals surface area contributed by atoms with Crippen molar-refractivity contribution < 1.29 is 4.74 Å². The normalized spacial score (nSPS) is 21.1. The molecular weight excluding hydrogens is 204 g/mol. The van der Waals surface area contributed by atoms with Crippen molar-refractivity contribution in [1.29, 1.82) is 0 Å². The van der Waals surface area contributed by atoms with E-state index in [2.05, 4.69) is 28.9 Å². The molecule has 0 saturated carbocycles. The molecule has 1 aliphatic heterocycles. The predicted molar refractivity (Wildman–Crippen MR) is 47.9 cm³/mol. The Balaban J connectivity index is 2.49. The summed E-state index contributed by atoms with van der Waals surface area (Å²) in [4.78, 5) is 0. The summed E-state index contributed by atoms with van der Waals surface area (Å²) in [5, 5.41) is 0. The molecule has 58 valence electrons. The summed E-state index contributed by atoms with van der Waals surface area (Å²) >= 11 is 3.45. The highest BCUT2D eigenvalue weighted by molar-refractivity contribution is 9.10. The van der Waals surface area contributed by atoms with Gasteiger partial charge in [0.05, 0.1) is 4.47 Å². The molecule has 0 aromatic heterocycles. The summed E-state index contributed by atoms with van der Waals surface area (Å²) in [6.07, 6.45) is 1.37. The molecule has 0 amide bonds. The Morgan fingerprint density at radius 1 is 1.55 bits per heavy atom. The maximum atomic E-state index is 5.59. The number of hydrogen-bond acceptors (Lipinski definition) is 1. The van der Waals surface area contributed by atoms with Crippen LogP contribution >= 0.6 is 15.9 Å². The van der Waals surface area contributed by atoms with E-state index in [-0.39, 0.29) is 0 Å². The Kier molecular flexibility index (Phi) is 1.64. The zero-order valence-electron chi connectivity index (χ0n) is 6.30. The summed E-state index contributed by atoms with van der Waals surface area (Å²) < 4.78 is 6.66. The number of para-hydroxylation sites is 1. The van der Waals surface area contributed by atoms with Crippen LogP contribution < -0.4 is 4.74 Å². The first kappa shape index (κ1) is 7.17. The van der Waals surface area contributed by atoms with E-state index in [9.17, 15) is 0 Å². The van der Waals surface area contributed by atoms with E-state index in [0.29, 0.717) is 6.10 Å². The smallest absolute Gasteiger partial charge is 0.137 e. The lowest BCUT2D eigenvalue weighted by Gasteiger charge is -2.03. The van der Waals surface area contributed by atoms with Gasteiger partial charge in [-0.05, 0) is 34.5 Å². The van der Waals surface area contributed by atoms with E-state index in [1.165, 1.54) is 5.56 Å². The molecule has 0 N–H and O–H groups in total. The van der Waals surface area contributed by atoms with E-state index < -0.39 is 0 Å². The molecule has 0 radical (unpaired) electrons. The van der Waals surface area contributed by atoms with Crippen molar-refractivity contribution >= 4 is 15.9 Å². The average Bonchev–Trinajstić information content (AvgIpc) is 2.31. The van der Waals surface area contributed by atoms with Crippen molar-refractivity contribution in [2.75, 3.05) is 0 Å². The molecule has 1 unspecified atom stereocenters. The predicted octanol–water partition coefficient (Wildman–Crippen LogP) is 2.77. The molecular formula is C9H9BrO. The molecule has 1 aromatic carbocycles. The quantitative estimate of drug-likeness (QED) is 0.643. The second kappa shape index (κ2) is 2.52. The molecule has 1 atom stereocenters. The first-order valence-corrected chi connectivity index (χ1v) is 4.50. The van der Waals surface area contributed by atoms with E-state index >= 15 is 0 Å². The third kappa shape index (κ3) is 1.16. The average molecular weight is 213 g/mol.